The Hall–Kier alpha value is -3.77. The van der Waals surface area contributed by atoms with Gasteiger partial charge in [0, 0.05) is 50.8 Å². The zero-order chi connectivity index (χ0) is 27.6. The first-order chi connectivity index (χ1) is 18.7. The molecular weight excluding hydrogens is 518 g/mol. The van der Waals surface area contributed by atoms with Crippen LogP contribution in [-0.2, 0) is 16.4 Å². The molecule has 5 rings (SSSR count). The van der Waals surface area contributed by atoms with Crippen LogP contribution < -0.4 is 29.3 Å². The Labute approximate surface area is 229 Å². The van der Waals surface area contributed by atoms with Gasteiger partial charge in [0.15, 0.2) is 11.5 Å². The van der Waals surface area contributed by atoms with E-state index in [9.17, 15) is 8.42 Å². The minimum absolute atomic E-state index is 0.329. The molecule has 0 amide bonds. The number of sulfonamides is 1. The molecule has 0 bridgehead atoms. The maximum atomic E-state index is 12.4. The number of anilines is 6. The summed E-state index contributed by atoms with van der Waals surface area (Å²) in [6.45, 7) is 7.05. The van der Waals surface area contributed by atoms with Gasteiger partial charge in [-0.2, -0.15) is 4.98 Å². The summed E-state index contributed by atoms with van der Waals surface area (Å²) in [5.74, 6) is 1.79. The van der Waals surface area contributed by atoms with E-state index in [1.165, 1.54) is 22.6 Å². The highest BCUT2D eigenvalue weighted by Crippen LogP contribution is 2.46. The lowest BCUT2D eigenvalue weighted by Crippen LogP contribution is -2.44. The lowest BCUT2D eigenvalue weighted by atomic mass is 10.1. The third-order valence-electron chi connectivity index (χ3n) is 6.97. The predicted molar refractivity (Wildman–Crippen MR) is 155 cm³/mol. The van der Waals surface area contributed by atoms with Gasteiger partial charge in [0.25, 0.3) is 0 Å². The fourth-order valence-electron chi connectivity index (χ4n) is 4.74. The number of piperazine rings is 1. The van der Waals surface area contributed by atoms with Crippen molar-refractivity contribution in [2.45, 2.75) is 13.3 Å². The maximum Gasteiger partial charge on any atom is 0.232 e. The average Bonchev–Trinajstić information content (AvgIpc) is 2.93. The normalized spacial score (nSPS) is 15.6. The fraction of sp³-hybridized carbons (Fsp3) is 0.407. The summed E-state index contributed by atoms with van der Waals surface area (Å²) in [5, 5.41) is 6.55. The van der Waals surface area contributed by atoms with Gasteiger partial charge in [0.05, 0.1) is 11.9 Å². The lowest BCUT2D eigenvalue weighted by molar-refractivity contribution is 0.172. The van der Waals surface area contributed by atoms with E-state index in [1.807, 2.05) is 0 Å². The van der Waals surface area contributed by atoms with E-state index in [0.717, 1.165) is 44.5 Å². The van der Waals surface area contributed by atoms with Crippen LogP contribution in [0.15, 0.2) is 42.6 Å². The van der Waals surface area contributed by atoms with Crippen molar-refractivity contribution in [3.8, 4) is 11.5 Å². The third-order valence-corrected chi connectivity index (χ3v) is 8.15. The van der Waals surface area contributed by atoms with Gasteiger partial charge in [-0.1, -0.05) is 6.92 Å². The Kier molecular flexibility index (Phi) is 7.67. The Morgan fingerprint density at radius 1 is 1.03 bits per heavy atom. The van der Waals surface area contributed by atoms with Crippen molar-refractivity contribution in [3.63, 3.8) is 0 Å². The number of fused-ring (bicyclic) bond motifs is 1. The number of hydrogen-bond acceptors (Lipinski definition) is 10. The van der Waals surface area contributed by atoms with Crippen molar-refractivity contribution < 1.29 is 17.9 Å². The smallest absolute Gasteiger partial charge is 0.232 e. The fourth-order valence-corrected chi connectivity index (χ4v) is 5.25. The second-order valence-electron chi connectivity index (χ2n) is 9.72. The molecule has 1 saturated heterocycles. The number of hydrogen-bond donors (Lipinski definition) is 2. The van der Waals surface area contributed by atoms with Crippen LogP contribution >= 0.6 is 0 Å². The summed E-state index contributed by atoms with van der Waals surface area (Å²) in [4.78, 5) is 13.8. The standard InChI is InChI=1S/C27H35N7O4S/c1-5-19-18-20(6-8-22(19)34-14-12-32(2)13-15-34)29-27-28-11-10-24(31-27)30-21-7-9-23-26(38-17-16-37-23)25(21)33(3)39(4,35)36/h6-11,18H,5,12-17H2,1-4H3,(H2,28,29,30,31). The molecule has 2 aliphatic rings. The molecule has 3 aromatic rings. The Balaban J connectivity index is 1.38. The Morgan fingerprint density at radius 2 is 1.79 bits per heavy atom. The highest BCUT2D eigenvalue weighted by atomic mass is 32.2. The van der Waals surface area contributed by atoms with E-state index < -0.39 is 10.0 Å². The molecule has 208 valence electrons. The molecule has 1 aromatic heterocycles. The minimum atomic E-state index is -3.57. The van der Waals surface area contributed by atoms with E-state index >= 15 is 0 Å². The summed E-state index contributed by atoms with van der Waals surface area (Å²) >= 11 is 0. The number of ether oxygens (including phenoxy) is 2. The number of aryl methyl sites for hydroxylation is 1. The van der Waals surface area contributed by atoms with Crippen molar-refractivity contribution in [1.29, 1.82) is 0 Å². The summed E-state index contributed by atoms with van der Waals surface area (Å²) in [7, 11) is 0.0763. The molecule has 1 fully saturated rings. The van der Waals surface area contributed by atoms with Gasteiger partial charge < -0.3 is 29.9 Å². The van der Waals surface area contributed by atoms with Crippen molar-refractivity contribution >= 4 is 44.5 Å². The van der Waals surface area contributed by atoms with E-state index in [4.69, 9.17) is 9.47 Å². The van der Waals surface area contributed by atoms with Crippen LogP contribution in [-0.4, -0.2) is 83.0 Å². The molecule has 0 unspecified atom stereocenters. The van der Waals surface area contributed by atoms with Gasteiger partial charge in [-0.25, -0.2) is 13.4 Å². The predicted octanol–water partition coefficient (Wildman–Crippen LogP) is 3.45. The van der Waals surface area contributed by atoms with Gasteiger partial charge in [-0.15, -0.1) is 0 Å². The molecule has 3 heterocycles. The first-order valence-corrected chi connectivity index (χ1v) is 14.9. The number of aromatic nitrogens is 2. The van der Waals surface area contributed by atoms with E-state index in [1.54, 1.807) is 24.4 Å². The summed E-state index contributed by atoms with van der Waals surface area (Å²) in [6.07, 6.45) is 3.71. The maximum absolute atomic E-state index is 12.4. The second-order valence-corrected chi connectivity index (χ2v) is 11.7. The minimum Gasteiger partial charge on any atom is -0.486 e. The summed E-state index contributed by atoms with van der Waals surface area (Å²) in [5.41, 5.74) is 4.31. The highest BCUT2D eigenvalue weighted by Gasteiger charge is 2.27. The molecule has 0 atom stereocenters. The molecule has 0 aliphatic carbocycles. The summed E-state index contributed by atoms with van der Waals surface area (Å²) in [6, 6.07) is 11.6. The number of nitrogens with one attached hydrogen (secondary N) is 2. The molecule has 12 heteroatoms. The van der Waals surface area contributed by atoms with E-state index in [0.29, 0.717) is 47.9 Å². The van der Waals surface area contributed by atoms with Gasteiger partial charge in [-0.3, -0.25) is 4.31 Å². The molecular formula is C27H35N7O4S. The van der Waals surface area contributed by atoms with Gasteiger partial charge in [0.2, 0.25) is 16.0 Å². The Morgan fingerprint density at radius 3 is 2.54 bits per heavy atom. The number of nitrogens with zero attached hydrogens (tertiary/aromatic N) is 5. The van der Waals surface area contributed by atoms with Gasteiger partial charge >= 0.3 is 0 Å². The molecule has 0 spiro atoms. The average molecular weight is 554 g/mol. The first-order valence-electron chi connectivity index (χ1n) is 13.0. The van der Waals surface area contributed by atoms with E-state index in [-0.39, 0.29) is 0 Å². The zero-order valence-corrected chi connectivity index (χ0v) is 23.6. The van der Waals surface area contributed by atoms with Crippen LogP contribution in [0.4, 0.5) is 34.5 Å². The van der Waals surface area contributed by atoms with Crippen LogP contribution in [0.5, 0.6) is 11.5 Å². The molecule has 2 N–H and O–H groups in total. The first kappa shape index (κ1) is 26.8. The monoisotopic (exact) mass is 553 g/mol. The quantitative estimate of drug-likeness (QED) is 0.430. The van der Waals surface area contributed by atoms with Crippen LogP contribution in [0.25, 0.3) is 0 Å². The highest BCUT2D eigenvalue weighted by molar-refractivity contribution is 7.92. The number of rotatable bonds is 8. The van der Waals surface area contributed by atoms with Crippen LogP contribution in [0.1, 0.15) is 12.5 Å². The van der Waals surface area contributed by atoms with Crippen LogP contribution in [0.2, 0.25) is 0 Å². The third kappa shape index (κ3) is 5.96. The van der Waals surface area contributed by atoms with Crippen LogP contribution in [0, 0.1) is 0 Å². The molecule has 39 heavy (non-hydrogen) atoms. The molecule has 2 aliphatic heterocycles. The Bertz CT molecular complexity index is 1440. The summed E-state index contributed by atoms with van der Waals surface area (Å²) < 4.78 is 37.5. The van der Waals surface area contributed by atoms with Crippen molar-refractivity contribution in [2.24, 2.45) is 0 Å². The van der Waals surface area contributed by atoms with Crippen molar-refractivity contribution in [3.05, 3.63) is 48.2 Å². The molecule has 0 radical (unpaired) electrons. The van der Waals surface area contributed by atoms with Crippen LogP contribution in [0.3, 0.4) is 0 Å². The molecule has 2 aromatic carbocycles. The van der Waals surface area contributed by atoms with Gasteiger partial charge in [-0.05, 0) is 55.4 Å². The number of likely N-dealkylation sites (N-methyl/N-ethyl adjacent to an activating group) is 1. The second kappa shape index (κ2) is 11.1. The van der Waals surface area contributed by atoms with Crippen molar-refractivity contribution in [2.75, 3.05) is 79.6 Å². The largest absolute Gasteiger partial charge is 0.486 e. The molecule has 11 nitrogen and oxygen atoms in total. The van der Waals surface area contributed by atoms with Gasteiger partial charge in [0.1, 0.15) is 24.7 Å². The molecule has 0 saturated carbocycles. The SMILES string of the molecule is CCc1cc(Nc2nccc(Nc3ccc4c(c3N(C)S(C)(=O)=O)OCCO4)n2)ccc1N1CCN(C)CC1. The topological polar surface area (TPSA) is 112 Å². The lowest BCUT2D eigenvalue weighted by Gasteiger charge is -2.35. The van der Waals surface area contributed by atoms with Crippen molar-refractivity contribution in [1.82, 2.24) is 14.9 Å². The van der Waals surface area contributed by atoms with E-state index in [2.05, 4.69) is 62.6 Å². The zero-order valence-electron chi connectivity index (χ0n) is 22.8. The number of benzene rings is 2.